The Morgan fingerprint density at radius 2 is 1.94 bits per heavy atom. The molecule has 0 spiro atoms. The SMILES string of the molecule is CC(C)c1nc(CC2CC3CCC(C2)N3)n(C)n1. The highest BCUT2D eigenvalue weighted by Crippen LogP contribution is 2.32. The van der Waals surface area contributed by atoms with Gasteiger partial charge in [-0.3, -0.25) is 4.68 Å². The van der Waals surface area contributed by atoms with E-state index in [9.17, 15) is 0 Å². The molecule has 0 aromatic carbocycles. The third kappa shape index (κ3) is 2.30. The van der Waals surface area contributed by atoms with Crippen LogP contribution in [0.25, 0.3) is 0 Å². The molecule has 2 aliphatic heterocycles. The topological polar surface area (TPSA) is 42.7 Å². The summed E-state index contributed by atoms with van der Waals surface area (Å²) in [5.74, 6) is 3.38. The van der Waals surface area contributed by atoms with E-state index >= 15 is 0 Å². The van der Waals surface area contributed by atoms with E-state index in [1.54, 1.807) is 0 Å². The van der Waals surface area contributed by atoms with Crippen molar-refractivity contribution in [3.05, 3.63) is 11.6 Å². The van der Waals surface area contributed by atoms with E-state index in [0.717, 1.165) is 30.2 Å². The zero-order chi connectivity index (χ0) is 12.7. The van der Waals surface area contributed by atoms with E-state index in [4.69, 9.17) is 4.98 Å². The molecule has 2 atom stereocenters. The molecule has 2 saturated heterocycles. The van der Waals surface area contributed by atoms with Crippen molar-refractivity contribution in [3.8, 4) is 0 Å². The summed E-state index contributed by atoms with van der Waals surface area (Å²) < 4.78 is 1.99. The van der Waals surface area contributed by atoms with E-state index in [0.29, 0.717) is 5.92 Å². The Morgan fingerprint density at radius 1 is 1.28 bits per heavy atom. The van der Waals surface area contributed by atoms with Gasteiger partial charge in [0, 0.05) is 31.5 Å². The van der Waals surface area contributed by atoms with Crippen LogP contribution < -0.4 is 5.32 Å². The second kappa shape index (κ2) is 4.65. The standard InChI is InChI=1S/C14H24N4/c1-9(2)14-16-13(18(3)17-14)8-10-6-11-4-5-12(7-10)15-11/h9-12,15H,4-8H2,1-3H3. The molecule has 0 radical (unpaired) electrons. The predicted molar refractivity (Wildman–Crippen MR) is 71.5 cm³/mol. The van der Waals surface area contributed by atoms with Crippen LogP contribution >= 0.6 is 0 Å². The number of hydrogen-bond donors (Lipinski definition) is 1. The predicted octanol–water partition coefficient (Wildman–Crippen LogP) is 2.01. The molecule has 0 amide bonds. The van der Waals surface area contributed by atoms with Crippen LogP contribution in [0, 0.1) is 5.92 Å². The zero-order valence-corrected chi connectivity index (χ0v) is 11.7. The van der Waals surface area contributed by atoms with Gasteiger partial charge >= 0.3 is 0 Å². The van der Waals surface area contributed by atoms with E-state index < -0.39 is 0 Å². The highest BCUT2D eigenvalue weighted by molar-refractivity contribution is 5.00. The lowest BCUT2D eigenvalue weighted by Crippen LogP contribution is -2.38. The van der Waals surface area contributed by atoms with E-state index in [1.807, 2.05) is 11.7 Å². The Balaban J connectivity index is 1.69. The van der Waals surface area contributed by atoms with Crippen LogP contribution in [-0.4, -0.2) is 26.8 Å². The van der Waals surface area contributed by atoms with Gasteiger partial charge in [-0.15, -0.1) is 0 Å². The summed E-state index contributed by atoms with van der Waals surface area (Å²) in [6.45, 7) is 4.31. The molecule has 3 rings (SSSR count). The molecular formula is C14H24N4. The van der Waals surface area contributed by atoms with Gasteiger partial charge in [-0.25, -0.2) is 4.98 Å². The van der Waals surface area contributed by atoms with Gasteiger partial charge in [0.25, 0.3) is 0 Å². The third-order valence-corrected chi connectivity index (χ3v) is 4.43. The number of aromatic nitrogens is 3. The fourth-order valence-electron chi connectivity index (χ4n) is 3.46. The van der Waals surface area contributed by atoms with Crippen LogP contribution in [0.15, 0.2) is 0 Å². The average molecular weight is 248 g/mol. The molecule has 2 unspecified atom stereocenters. The lowest BCUT2D eigenvalue weighted by molar-refractivity contribution is 0.293. The second-order valence-corrected chi connectivity index (χ2v) is 6.34. The first kappa shape index (κ1) is 12.2. The molecule has 1 aromatic rings. The maximum absolute atomic E-state index is 4.71. The third-order valence-electron chi connectivity index (χ3n) is 4.43. The first-order valence-corrected chi connectivity index (χ1v) is 7.27. The van der Waals surface area contributed by atoms with Crippen molar-refractivity contribution >= 4 is 0 Å². The molecule has 2 fully saturated rings. The minimum Gasteiger partial charge on any atom is -0.311 e. The number of hydrogen-bond acceptors (Lipinski definition) is 3. The molecule has 2 aliphatic rings. The summed E-state index contributed by atoms with van der Waals surface area (Å²) in [5.41, 5.74) is 0. The number of nitrogens with one attached hydrogen (secondary N) is 1. The van der Waals surface area contributed by atoms with E-state index in [-0.39, 0.29) is 0 Å². The lowest BCUT2D eigenvalue weighted by Gasteiger charge is -2.28. The minimum absolute atomic E-state index is 0.425. The molecule has 0 aliphatic carbocycles. The van der Waals surface area contributed by atoms with Crippen molar-refractivity contribution in [2.24, 2.45) is 13.0 Å². The number of nitrogens with zero attached hydrogens (tertiary/aromatic N) is 3. The van der Waals surface area contributed by atoms with Crippen LogP contribution in [0.1, 0.15) is 57.1 Å². The van der Waals surface area contributed by atoms with Gasteiger partial charge in [-0.1, -0.05) is 13.8 Å². The number of fused-ring (bicyclic) bond motifs is 2. The molecule has 0 saturated carbocycles. The molecule has 3 heterocycles. The van der Waals surface area contributed by atoms with Crippen LogP contribution in [0.2, 0.25) is 0 Å². The minimum atomic E-state index is 0.425. The molecule has 100 valence electrons. The van der Waals surface area contributed by atoms with Crippen molar-refractivity contribution < 1.29 is 0 Å². The van der Waals surface area contributed by atoms with Crippen molar-refractivity contribution in [3.63, 3.8) is 0 Å². The maximum atomic E-state index is 4.71. The zero-order valence-electron chi connectivity index (χ0n) is 11.7. The van der Waals surface area contributed by atoms with Crippen molar-refractivity contribution in [1.29, 1.82) is 0 Å². The molecule has 1 aromatic heterocycles. The van der Waals surface area contributed by atoms with E-state index in [1.165, 1.54) is 31.5 Å². The second-order valence-electron chi connectivity index (χ2n) is 6.34. The summed E-state index contributed by atoms with van der Waals surface area (Å²) in [5, 5.41) is 8.22. The van der Waals surface area contributed by atoms with Gasteiger partial charge in [-0.2, -0.15) is 5.10 Å². The highest BCUT2D eigenvalue weighted by Gasteiger charge is 2.33. The van der Waals surface area contributed by atoms with Crippen LogP contribution in [0.3, 0.4) is 0 Å². The van der Waals surface area contributed by atoms with Crippen LogP contribution in [0.4, 0.5) is 0 Å². The van der Waals surface area contributed by atoms with Crippen molar-refractivity contribution in [1.82, 2.24) is 20.1 Å². The average Bonchev–Trinajstić information content (AvgIpc) is 2.84. The number of piperidine rings is 1. The van der Waals surface area contributed by atoms with Gasteiger partial charge in [0.2, 0.25) is 0 Å². The van der Waals surface area contributed by atoms with Crippen molar-refractivity contribution in [2.75, 3.05) is 0 Å². The molecule has 4 heteroatoms. The quantitative estimate of drug-likeness (QED) is 0.890. The number of aryl methyl sites for hydroxylation is 1. The fourth-order valence-corrected chi connectivity index (χ4v) is 3.46. The van der Waals surface area contributed by atoms with Crippen LogP contribution in [-0.2, 0) is 13.5 Å². The first-order valence-electron chi connectivity index (χ1n) is 7.27. The summed E-state index contributed by atoms with van der Waals surface area (Å²) in [6.07, 6.45) is 6.49. The Morgan fingerprint density at radius 3 is 2.50 bits per heavy atom. The van der Waals surface area contributed by atoms with Gasteiger partial charge in [0.1, 0.15) is 5.82 Å². The maximum Gasteiger partial charge on any atom is 0.153 e. The number of rotatable bonds is 3. The summed E-state index contributed by atoms with van der Waals surface area (Å²) in [4.78, 5) is 4.71. The van der Waals surface area contributed by atoms with Gasteiger partial charge in [0.15, 0.2) is 5.82 Å². The van der Waals surface area contributed by atoms with Gasteiger partial charge in [0.05, 0.1) is 0 Å². The Hall–Kier alpha value is -0.900. The van der Waals surface area contributed by atoms with Gasteiger partial charge in [-0.05, 0) is 31.6 Å². The summed E-state index contributed by atoms with van der Waals surface area (Å²) in [6, 6.07) is 1.54. The lowest BCUT2D eigenvalue weighted by atomic mass is 9.89. The van der Waals surface area contributed by atoms with Crippen molar-refractivity contribution in [2.45, 2.75) is 64.0 Å². The molecule has 4 nitrogen and oxygen atoms in total. The highest BCUT2D eigenvalue weighted by atomic mass is 15.3. The Bertz CT molecular complexity index is 411. The van der Waals surface area contributed by atoms with Crippen LogP contribution in [0.5, 0.6) is 0 Å². The fraction of sp³-hybridized carbons (Fsp3) is 0.857. The molecule has 18 heavy (non-hydrogen) atoms. The molecular weight excluding hydrogens is 224 g/mol. The molecule has 2 bridgehead atoms. The van der Waals surface area contributed by atoms with Gasteiger partial charge < -0.3 is 5.32 Å². The molecule has 1 N–H and O–H groups in total. The normalized spacial score (nSPS) is 31.2. The largest absolute Gasteiger partial charge is 0.311 e. The smallest absolute Gasteiger partial charge is 0.153 e. The Labute approximate surface area is 109 Å². The summed E-state index contributed by atoms with van der Waals surface area (Å²) in [7, 11) is 2.03. The first-order chi connectivity index (χ1) is 8.61. The monoisotopic (exact) mass is 248 g/mol. The summed E-state index contributed by atoms with van der Waals surface area (Å²) >= 11 is 0. The van der Waals surface area contributed by atoms with E-state index in [2.05, 4.69) is 24.3 Å². The Kier molecular flexibility index (Phi) is 3.14.